The van der Waals surface area contributed by atoms with Crippen LogP contribution in [0.25, 0.3) is 0 Å². The Morgan fingerprint density at radius 3 is 2.44 bits per heavy atom. The Hall–Kier alpha value is -0.850. The topological polar surface area (TPSA) is 12.4 Å². The van der Waals surface area contributed by atoms with Crippen LogP contribution in [0.4, 0.5) is 0 Å². The van der Waals surface area contributed by atoms with Gasteiger partial charge in [-0.15, -0.1) is 0 Å². The number of aliphatic imine (C=N–C) groups is 1. The molecule has 0 amide bonds. The minimum Gasteiger partial charge on any atom is -0.269 e. The molecule has 0 aromatic rings. The van der Waals surface area contributed by atoms with Crippen LogP contribution in [0.15, 0.2) is 29.4 Å². The molecule has 0 radical (unpaired) electrons. The molecule has 3 aliphatic rings. The minimum atomic E-state index is 0.645. The van der Waals surface area contributed by atoms with E-state index >= 15 is 0 Å². The smallest absolute Gasteiger partial charge is 0.0226 e. The summed E-state index contributed by atoms with van der Waals surface area (Å²) < 4.78 is 0. The summed E-state index contributed by atoms with van der Waals surface area (Å²) in [5.74, 6) is 2.60. The summed E-state index contributed by atoms with van der Waals surface area (Å²) in [4.78, 5) is 3.92. The lowest BCUT2D eigenvalue weighted by molar-refractivity contribution is 0.487. The highest BCUT2D eigenvalue weighted by Crippen LogP contribution is 2.58. The van der Waals surface area contributed by atoms with Crippen LogP contribution in [0.5, 0.6) is 0 Å². The van der Waals surface area contributed by atoms with E-state index in [4.69, 9.17) is 0 Å². The Morgan fingerprint density at radius 2 is 2.00 bits per heavy atom. The molecule has 0 aromatic heterocycles. The Labute approximate surface area is 99.4 Å². The molecule has 0 aromatic carbocycles. The lowest BCUT2D eigenvalue weighted by atomic mass is 9.91. The molecule has 4 unspecified atom stereocenters. The van der Waals surface area contributed by atoms with E-state index < -0.39 is 0 Å². The predicted molar refractivity (Wildman–Crippen MR) is 70.5 cm³/mol. The van der Waals surface area contributed by atoms with E-state index in [-0.39, 0.29) is 0 Å². The lowest BCUT2D eigenvalue weighted by Crippen LogP contribution is -2.04. The standard InChI is InChI=1S/C9H14.C6H9N/c1-7-3-4-9(2)6-8(9)5-7;1-6-2-4-7-5-3-6/h3-4,7-8H,5-6H2,1-2H3;2,4-6H,3H2,1H3. The van der Waals surface area contributed by atoms with Gasteiger partial charge in [-0.25, -0.2) is 0 Å². The first-order chi connectivity index (χ1) is 7.60. The third-order valence-corrected chi connectivity index (χ3v) is 4.00. The van der Waals surface area contributed by atoms with Crippen molar-refractivity contribution in [2.75, 3.05) is 0 Å². The van der Waals surface area contributed by atoms with Gasteiger partial charge in [0.05, 0.1) is 0 Å². The zero-order chi connectivity index (χ0) is 11.6. The van der Waals surface area contributed by atoms with Crippen LogP contribution in [0.1, 0.15) is 40.0 Å². The van der Waals surface area contributed by atoms with Crippen LogP contribution in [0.3, 0.4) is 0 Å². The summed E-state index contributed by atoms with van der Waals surface area (Å²) in [6, 6.07) is 0. The van der Waals surface area contributed by atoms with Crippen molar-refractivity contribution in [3.63, 3.8) is 0 Å². The average molecular weight is 217 g/mol. The summed E-state index contributed by atoms with van der Waals surface area (Å²) in [5, 5.41) is 0. The van der Waals surface area contributed by atoms with Crippen LogP contribution in [-0.2, 0) is 0 Å². The number of nitrogens with zero attached hydrogens (tertiary/aromatic N) is 1. The van der Waals surface area contributed by atoms with Crippen molar-refractivity contribution in [3.05, 3.63) is 24.4 Å². The number of hydrogen-bond acceptors (Lipinski definition) is 1. The molecule has 0 saturated heterocycles. The quantitative estimate of drug-likeness (QED) is 0.539. The van der Waals surface area contributed by atoms with E-state index in [2.05, 4.69) is 44.0 Å². The summed E-state index contributed by atoms with van der Waals surface area (Å²) >= 11 is 0. The molecule has 1 nitrogen and oxygen atoms in total. The second kappa shape index (κ2) is 4.57. The van der Waals surface area contributed by atoms with Crippen LogP contribution in [0.2, 0.25) is 0 Å². The first-order valence-electron chi connectivity index (χ1n) is 6.48. The van der Waals surface area contributed by atoms with Gasteiger partial charge in [-0.05, 0) is 42.4 Å². The van der Waals surface area contributed by atoms with Gasteiger partial charge in [-0.1, -0.05) is 39.0 Å². The maximum atomic E-state index is 3.92. The van der Waals surface area contributed by atoms with Crippen molar-refractivity contribution in [2.45, 2.75) is 40.0 Å². The molecule has 0 spiro atoms. The van der Waals surface area contributed by atoms with Gasteiger partial charge < -0.3 is 0 Å². The zero-order valence-corrected chi connectivity index (χ0v) is 10.7. The molecule has 1 aliphatic heterocycles. The van der Waals surface area contributed by atoms with Crippen LogP contribution >= 0.6 is 0 Å². The third kappa shape index (κ3) is 2.84. The SMILES string of the molecule is CC1C=CC2(C)CC2C1.CC1C=CN=CC1. The van der Waals surface area contributed by atoms with Gasteiger partial charge in [-0.2, -0.15) is 0 Å². The van der Waals surface area contributed by atoms with Crippen molar-refractivity contribution >= 4 is 6.21 Å². The maximum absolute atomic E-state index is 3.92. The van der Waals surface area contributed by atoms with E-state index in [1.54, 1.807) is 0 Å². The van der Waals surface area contributed by atoms with Gasteiger partial charge in [0.1, 0.15) is 0 Å². The molecule has 1 fully saturated rings. The molecule has 3 rings (SSSR count). The lowest BCUT2D eigenvalue weighted by Gasteiger charge is -2.14. The van der Waals surface area contributed by atoms with Crippen LogP contribution in [-0.4, -0.2) is 6.21 Å². The molecule has 1 heterocycles. The van der Waals surface area contributed by atoms with E-state index in [1.165, 1.54) is 12.8 Å². The molecular weight excluding hydrogens is 194 g/mol. The zero-order valence-electron chi connectivity index (χ0n) is 10.7. The Kier molecular flexibility index (Phi) is 3.32. The normalized spacial score (nSPS) is 43.3. The van der Waals surface area contributed by atoms with E-state index in [1.807, 2.05) is 12.4 Å². The predicted octanol–water partition coefficient (Wildman–Crippen LogP) is 4.22. The molecular formula is C15H23N. The monoisotopic (exact) mass is 217 g/mol. The fourth-order valence-corrected chi connectivity index (χ4v) is 2.50. The third-order valence-electron chi connectivity index (χ3n) is 4.00. The number of allylic oxidation sites excluding steroid dienone is 3. The largest absolute Gasteiger partial charge is 0.269 e. The fraction of sp³-hybridized carbons (Fsp3) is 0.667. The minimum absolute atomic E-state index is 0.645. The fourth-order valence-electron chi connectivity index (χ4n) is 2.50. The number of hydrogen-bond donors (Lipinski definition) is 0. The van der Waals surface area contributed by atoms with Crippen LogP contribution < -0.4 is 0 Å². The highest BCUT2D eigenvalue weighted by Gasteiger charge is 2.49. The van der Waals surface area contributed by atoms with E-state index in [0.29, 0.717) is 11.3 Å². The molecule has 1 saturated carbocycles. The summed E-state index contributed by atoms with van der Waals surface area (Å²) in [6.07, 6.45) is 14.7. The van der Waals surface area contributed by atoms with Gasteiger partial charge in [-0.3, -0.25) is 4.99 Å². The molecule has 16 heavy (non-hydrogen) atoms. The molecule has 88 valence electrons. The molecule has 0 N–H and O–H groups in total. The Balaban J connectivity index is 0.000000125. The first-order valence-corrected chi connectivity index (χ1v) is 6.48. The second-order valence-electron chi connectivity index (χ2n) is 5.87. The van der Waals surface area contributed by atoms with Gasteiger partial charge in [0.25, 0.3) is 0 Å². The maximum Gasteiger partial charge on any atom is 0.0226 e. The molecule has 4 atom stereocenters. The van der Waals surface area contributed by atoms with E-state index in [9.17, 15) is 0 Å². The Bertz CT molecular complexity index is 326. The van der Waals surface area contributed by atoms with E-state index in [0.717, 1.165) is 18.3 Å². The van der Waals surface area contributed by atoms with Gasteiger partial charge in [0, 0.05) is 12.4 Å². The van der Waals surface area contributed by atoms with Gasteiger partial charge >= 0.3 is 0 Å². The molecule has 0 bridgehead atoms. The van der Waals surface area contributed by atoms with Gasteiger partial charge in [0.2, 0.25) is 0 Å². The second-order valence-corrected chi connectivity index (χ2v) is 5.87. The number of rotatable bonds is 0. The summed E-state index contributed by atoms with van der Waals surface area (Å²) in [6.45, 7) is 6.87. The van der Waals surface area contributed by atoms with Gasteiger partial charge in [0.15, 0.2) is 0 Å². The first kappa shape index (κ1) is 11.6. The molecule has 2 aliphatic carbocycles. The van der Waals surface area contributed by atoms with Crippen molar-refractivity contribution in [1.29, 1.82) is 0 Å². The average Bonchev–Trinajstić information content (AvgIpc) is 2.91. The van der Waals surface area contributed by atoms with Crippen molar-refractivity contribution in [1.82, 2.24) is 0 Å². The Morgan fingerprint density at radius 1 is 1.19 bits per heavy atom. The highest BCUT2D eigenvalue weighted by molar-refractivity contribution is 5.59. The highest BCUT2D eigenvalue weighted by atomic mass is 14.7. The summed E-state index contributed by atoms with van der Waals surface area (Å²) in [5.41, 5.74) is 0.645. The van der Waals surface area contributed by atoms with Crippen molar-refractivity contribution in [3.8, 4) is 0 Å². The number of fused-ring (bicyclic) bond motifs is 1. The molecule has 1 heteroatoms. The van der Waals surface area contributed by atoms with Crippen LogP contribution in [0, 0.1) is 23.2 Å². The van der Waals surface area contributed by atoms with Crippen molar-refractivity contribution < 1.29 is 0 Å². The summed E-state index contributed by atoms with van der Waals surface area (Å²) in [7, 11) is 0. The van der Waals surface area contributed by atoms with Crippen molar-refractivity contribution in [2.24, 2.45) is 28.2 Å².